The summed E-state index contributed by atoms with van der Waals surface area (Å²) in [6.45, 7) is 0.463. The fourth-order valence-electron chi connectivity index (χ4n) is 2.49. The van der Waals surface area contributed by atoms with Gasteiger partial charge in [-0.15, -0.1) is 0 Å². The Hall–Kier alpha value is -2.71. The van der Waals surface area contributed by atoms with E-state index in [1.165, 1.54) is 26.4 Å². The number of halogens is 1. The molecule has 0 aliphatic rings. The van der Waals surface area contributed by atoms with E-state index >= 15 is 0 Å². The molecule has 0 fully saturated rings. The normalized spacial score (nSPS) is 11.2. The molecule has 9 heteroatoms. The number of nitrogens with one attached hydrogen (secondary N) is 1. The van der Waals surface area contributed by atoms with Crippen LogP contribution in [-0.2, 0) is 16.6 Å². The largest absolute Gasteiger partial charge is 0.497 e. The van der Waals surface area contributed by atoms with Gasteiger partial charge in [-0.25, -0.2) is 8.42 Å². The van der Waals surface area contributed by atoms with Gasteiger partial charge in [-0.2, -0.15) is 5.10 Å². The second-order valence-electron chi connectivity index (χ2n) is 5.63. The molecule has 0 atom stereocenters. The second-order valence-corrected chi connectivity index (χ2v) is 7.69. The fraction of sp³-hybridized carbons (Fsp3) is 0.167. The van der Waals surface area contributed by atoms with Crippen LogP contribution in [0.15, 0.2) is 59.6 Å². The van der Waals surface area contributed by atoms with Crippen LogP contribution in [0.5, 0.6) is 11.5 Å². The summed E-state index contributed by atoms with van der Waals surface area (Å²) in [7, 11) is -1.14. The van der Waals surface area contributed by atoms with Crippen molar-refractivity contribution in [2.24, 2.45) is 0 Å². The molecule has 0 bridgehead atoms. The zero-order chi connectivity index (χ0) is 19.4. The van der Waals surface area contributed by atoms with Crippen LogP contribution in [0.4, 0.5) is 5.82 Å². The molecule has 0 aliphatic carbocycles. The first-order valence-corrected chi connectivity index (χ1v) is 9.81. The number of ether oxygens (including phenoxy) is 2. The molecule has 0 saturated heterocycles. The van der Waals surface area contributed by atoms with Gasteiger partial charge in [0.25, 0.3) is 10.0 Å². The maximum absolute atomic E-state index is 12.8. The summed E-state index contributed by atoms with van der Waals surface area (Å²) in [5.74, 6) is 0.609. The van der Waals surface area contributed by atoms with Gasteiger partial charge in [0.1, 0.15) is 21.4 Å². The quantitative estimate of drug-likeness (QED) is 0.649. The van der Waals surface area contributed by atoms with Gasteiger partial charge in [0, 0.05) is 12.3 Å². The third-order valence-electron chi connectivity index (χ3n) is 3.80. The van der Waals surface area contributed by atoms with Crippen molar-refractivity contribution in [1.82, 2.24) is 9.78 Å². The maximum Gasteiger partial charge on any atom is 0.266 e. The number of methoxy groups -OCH3 is 2. The highest BCUT2D eigenvalue weighted by Gasteiger charge is 2.23. The van der Waals surface area contributed by atoms with Crippen LogP contribution in [-0.4, -0.2) is 32.4 Å². The van der Waals surface area contributed by atoms with Gasteiger partial charge in [-0.3, -0.25) is 9.40 Å². The minimum atomic E-state index is -3.99. The molecule has 0 radical (unpaired) electrons. The Morgan fingerprint density at radius 3 is 2.52 bits per heavy atom. The Morgan fingerprint density at radius 2 is 1.85 bits per heavy atom. The van der Waals surface area contributed by atoms with Crippen molar-refractivity contribution in [3.05, 3.63) is 65.3 Å². The van der Waals surface area contributed by atoms with E-state index in [9.17, 15) is 8.42 Å². The molecule has 3 rings (SSSR count). The van der Waals surface area contributed by atoms with Crippen molar-refractivity contribution in [2.45, 2.75) is 11.4 Å². The third kappa shape index (κ3) is 4.35. The van der Waals surface area contributed by atoms with Crippen molar-refractivity contribution < 1.29 is 17.9 Å². The molecule has 0 amide bonds. The van der Waals surface area contributed by atoms with Gasteiger partial charge < -0.3 is 9.47 Å². The number of benzene rings is 2. The number of aromatic nitrogens is 2. The zero-order valence-electron chi connectivity index (χ0n) is 14.7. The van der Waals surface area contributed by atoms with Crippen LogP contribution in [0.2, 0.25) is 5.02 Å². The van der Waals surface area contributed by atoms with E-state index in [2.05, 4.69) is 9.82 Å². The van der Waals surface area contributed by atoms with Crippen molar-refractivity contribution in [3.8, 4) is 11.5 Å². The van der Waals surface area contributed by atoms with Crippen molar-refractivity contribution in [2.75, 3.05) is 18.9 Å². The molecule has 27 heavy (non-hydrogen) atoms. The van der Waals surface area contributed by atoms with E-state index in [0.717, 1.165) is 5.56 Å². The summed E-state index contributed by atoms with van der Waals surface area (Å²) in [4.78, 5) is -0.0713. The lowest BCUT2D eigenvalue weighted by atomic mass is 10.2. The SMILES string of the molecule is COc1ccc(OC)c(S(=O)(=O)Nc2nn(Cc3ccccc3)cc2Cl)c1. The number of anilines is 1. The standard InChI is InChI=1S/C18H18ClN3O4S/c1-25-14-8-9-16(26-2)17(10-14)27(23,24)21-18-15(19)12-22(20-18)11-13-6-4-3-5-7-13/h3-10,12H,11H2,1-2H3,(H,20,21). The van der Waals surface area contributed by atoms with Crippen LogP contribution in [0.25, 0.3) is 0 Å². The molecule has 1 aromatic heterocycles. The number of hydrogen-bond acceptors (Lipinski definition) is 5. The summed E-state index contributed by atoms with van der Waals surface area (Å²) in [5, 5.41) is 4.43. The summed E-state index contributed by atoms with van der Waals surface area (Å²) >= 11 is 6.17. The Balaban J connectivity index is 1.88. The van der Waals surface area contributed by atoms with Gasteiger partial charge >= 0.3 is 0 Å². The maximum atomic E-state index is 12.8. The molecule has 0 saturated carbocycles. The van der Waals surface area contributed by atoms with Gasteiger partial charge in [0.2, 0.25) is 0 Å². The zero-order valence-corrected chi connectivity index (χ0v) is 16.3. The van der Waals surface area contributed by atoms with Gasteiger partial charge in [-0.05, 0) is 17.7 Å². The Bertz CT molecular complexity index is 1040. The van der Waals surface area contributed by atoms with E-state index in [1.54, 1.807) is 16.9 Å². The van der Waals surface area contributed by atoms with Crippen LogP contribution < -0.4 is 14.2 Å². The molecule has 0 unspecified atom stereocenters. The average molecular weight is 408 g/mol. The van der Waals surface area contributed by atoms with E-state index in [-0.39, 0.29) is 21.5 Å². The van der Waals surface area contributed by atoms with Gasteiger partial charge in [0.15, 0.2) is 5.82 Å². The number of hydrogen-bond donors (Lipinski definition) is 1. The molecule has 2 aromatic carbocycles. The molecule has 0 aliphatic heterocycles. The summed E-state index contributed by atoms with van der Waals surface area (Å²) < 4.78 is 39.9. The highest BCUT2D eigenvalue weighted by molar-refractivity contribution is 7.92. The molecular formula is C18H18ClN3O4S. The minimum Gasteiger partial charge on any atom is -0.497 e. The summed E-state index contributed by atoms with van der Waals surface area (Å²) in [6.07, 6.45) is 1.56. The van der Waals surface area contributed by atoms with E-state index in [4.69, 9.17) is 21.1 Å². The monoisotopic (exact) mass is 407 g/mol. The highest BCUT2D eigenvalue weighted by Crippen LogP contribution is 2.31. The fourth-order valence-corrected chi connectivity index (χ4v) is 3.95. The molecule has 1 heterocycles. The van der Waals surface area contributed by atoms with Gasteiger partial charge in [-0.1, -0.05) is 41.9 Å². The highest BCUT2D eigenvalue weighted by atomic mass is 35.5. The Kier molecular flexibility index (Phi) is 5.57. The molecule has 142 valence electrons. The lowest BCUT2D eigenvalue weighted by Crippen LogP contribution is -2.15. The van der Waals surface area contributed by atoms with Crippen molar-refractivity contribution in [1.29, 1.82) is 0 Å². The number of nitrogens with zero attached hydrogens (tertiary/aromatic N) is 2. The predicted molar refractivity (Wildman–Crippen MR) is 103 cm³/mol. The minimum absolute atomic E-state index is 0.0393. The van der Waals surface area contributed by atoms with Crippen molar-refractivity contribution in [3.63, 3.8) is 0 Å². The first-order chi connectivity index (χ1) is 12.9. The average Bonchev–Trinajstić information content (AvgIpc) is 3.00. The lowest BCUT2D eigenvalue weighted by Gasteiger charge is -2.11. The van der Waals surface area contributed by atoms with Crippen LogP contribution in [0, 0.1) is 0 Å². The smallest absolute Gasteiger partial charge is 0.266 e. The van der Waals surface area contributed by atoms with E-state index in [1.807, 2.05) is 30.3 Å². The molecular weight excluding hydrogens is 390 g/mol. The molecule has 1 N–H and O–H groups in total. The van der Waals surface area contributed by atoms with E-state index in [0.29, 0.717) is 12.3 Å². The Labute approximate surface area is 162 Å². The van der Waals surface area contributed by atoms with Crippen molar-refractivity contribution >= 4 is 27.4 Å². The van der Waals surface area contributed by atoms with E-state index < -0.39 is 10.0 Å². The second kappa shape index (κ2) is 7.89. The Morgan fingerprint density at radius 1 is 1.11 bits per heavy atom. The first kappa shape index (κ1) is 19.1. The van der Waals surface area contributed by atoms with Crippen LogP contribution in [0.3, 0.4) is 0 Å². The third-order valence-corrected chi connectivity index (χ3v) is 5.43. The van der Waals surface area contributed by atoms with Crippen LogP contribution >= 0.6 is 11.6 Å². The molecule has 7 nitrogen and oxygen atoms in total. The predicted octanol–water partition coefficient (Wildman–Crippen LogP) is 3.40. The summed E-state index contributed by atoms with van der Waals surface area (Å²) in [5.41, 5.74) is 1.01. The molecule has 3 aromatic rings. The molecule has 0 spiro atoms. The number of sulfonamides is 1. The first-order valence-electron chi connectivity index (χ1n) is 7.94. The topological polar surface area (TPSA) is 82.4 Å². The van der Waals surface area contributed by atoms with Gasteiger partial charge in [0.05, 0.1) is 20.8 Å². The van der Waals surface area contributed by atoms with Crippen LogP contribution in [0.1, 0.15) is 5.56 Å². The lowest BCUT2D eigenvalue weighted by molar-refractivity contribution is 0.392. The number of rotatable bonds is 7. The summed E-state index contributed by atoms with van der Waals surface area (Å²) in [6, 6.07) is 14.1.